The maximum absolute atomic E-state index is 4.86. The second-order valence-corrected chi connectivity index (χ2v) is 6.62. The van der Waals surface area contributed by atoms with Gasteiger partial charge in [0.05, 0.1) is 0 Å². The highest BCUT2D eigenvalue weighted by atomic mass is 15.4. The van der Waals surface area contributed by atoms with E-state index in [1.807, 2.05) is 0 Å². The molecule has 2 fully saturated rings. The van der Waals surface area contributed by atoms with Gasteiger partial charge in [-0.3, -0.25) is 5.10 Å². The molecule has 2 N–H and O–H groups in total. The summed E-state index contributed by atoms with van der Waals surface area (Å²) in [5, 5.41) is 11.3. The molecule has 0 aromatic carbocycles. The number of aromatic amines is 1. The van der Waals surface area contributed by atoms with E-state index in [2.05, 4.69) is 34.3 Å². The number of rotatable bonds is 6. The van der Waals surface area contributed by atoms with Crippen molar-refractivity contribution >= 4 is 5.95 Å². The second kappa shape index (κ2) is 6.77. The van der Waals surface area contributed by atoms with Gasteiger partial charge in [-0.1, -0.05) is 26.7 Å². The zero-order chi connectivity index (χ0) is 14.7. The number of hydrogen-bond donors (Lipinski definition) is 2. The lowest BCUT2D eigenvalue weighted by Crippen LogP contribution is -2.45. The number of aromatic nitrogens is 3. The maximum Gasteiger partial charge on any atom is 0.245 e. The lowest BCUT2D eigenvalue weighted by Gasteiger charge is -2.36. The van der Waals surface area contributed by atoms with Crippen molar-refractivity contribution < 1.29 is 0 Å². The van der Waals surface area contributed by atoms with Gasteiger partial charge in [0.1, 0.15) is 5.82 Å². The highest BCUT2D eigenvalue weighted by Gasteiger charge is 2.36. The van der Waals surface area contributed by atoms with Gasteiger partial charge < -0.3 is 10.2 Å². The van der Waals surface area contributed by atoms with E-state index in [1.165, 1.54) is 38.5 Å². The summed E-state index contributed by atoms with van der Waals surface area (Å²) in [6, 6.07) is 0.596. The monoisotopic (exact) mass is 291 g/mol. The third-order valence-electron chi connectivity index (χ3n) is 5.09. The van der Waals surface area contributed by atoms with Crippen LogP contribution in [0.1, 0.15) is 64.1 Å². The first-order chi connectivity index (χ1) is 10.3. The summed E-state index contributed by atoms with van der Waals surface area (Å²) in [6.45, 7) is 7.85. The van der Waals surface area contributed by atoms with Crippen molar-refractivity contribution in [2.24, 2.45) is 5.92 Å². The van der Waals surface area contributed by atoms with Gasteiger partial charge in [-0.2, -0.15) is 4.98 Å². The maximum atomic E-state index is 4.86. The molecule has 1 aromatic heterocycles. The molecule has 2 atom stereocenters. The number of anilines is 1. The summed E-state index contributed by atoms with van der Waals surface area (Å²) in [6.07, 6.45) is 7.43. The summed E-state index contributed by atoms with van der Waals surface area (Å²) >= 11 is 0. The quantitative estimate of drug-likeness (QED) is 0.846. The van der Waals surface area contributed by atoms with Crippen molar-refractivity contribution in [3.63, 3.8) is 0 Å². The van der Waals surface area contributed by atoms with Crippen LogP contribution in [0.15, 0.2) is 0 Å². The van der Waals surface area contributed by atoms with Crippen LogP contribution in [-0.4, -0.2) is 40.9 Å². The minimum atomic E-state index is 0.545. The fourth-order valence-electron chi connectivity index (χ4n) is 4.01. The van der Waals surface area contributed by atoms with Crippen molar-refractivity contribution in [2.45, 2.75) is 64.3 Å². The predicted octanol–water partition coefficient (Wildman–Crippen LogP) is 2.68. The van der Waals surface area contributed by atoms with Gasteiger partial charge in [-0.15, -0.1) is 5.10 Å². The predicted molar refractivity (Wildman–Crippen MR) is 85.7 cm³/mol. The van der Waals surface area contributed by atoms with E-state index in [0.29, 0.717) is 12.0 Å². The number of H-pyrrole nitrogens is 1. The summed E-state index contributed by atoms with van der Waals surface area (Å²) in [5.41, 5.74) is 0. The Kier molecular flexibility index (Phi) is 4.78. The van der Waals surface area contributed by atoms with Gasteiger partial charge in [0, 0.05) is 31.6 Å². The van der Waals surface area contributed by atoms with Crippen LogP contribution >= 0.6 is 0 Å². The smallest absolute Gasteiger partial charge is 0.245 e. The fraction of sp³-hybridized carbons (Fsp3) is 0.875. The van der Waals surface area contributed by atoms with Crippen LogP contribution in [0, 0.1) is 5.92 Å². The lowest BCUT2D eigenvalue weighted by atomic mass is 9.92. The van der Waals surface area contributed by atoms with Crippen molar-refractivity contribution in [1.82, 2.24) is 20.5 Å². The Morgan fingerprint density at radius 1 is 1.24 bits per heavy atom. The van der Waals surface area contributed by atoms with Gasteiger partial charge >= 0.3 is 0 Å². The zero-order valence-electron chi connectivity index (χ0n) is 13.4. The number of fused-ring (bicyclic) bond motifs is 1. The van der Waals surface area contributed by atoms with Crippen LogP contribution < -0.4 is 10.2 Å². The first-order valence-corrected chi connectivity index (χ1v) is 8.73. The van der Waals surface area contributed by atoms with E-state index in [0.717, 1.165) is 37.3 Å². The third-order valence-corrected chi connectivity index (χ3v) is 5.09. The normalized spacial score (nSPS) is 25.6. The molecule has 2 unspecified atom stereocenters. The molecule has 0 spiro atoms. The Morgan fingerprint density at radius 3 is 2.81 bits per heavy atom. The summed E-state index contributed by atoms with van der Waals surface area (Å²) in [5.74, 6) is 3.36. The topological polar surface area (TPSA) is 56.8 Å². The number of nitrogens with zero attached hydrogens (tertiary/aromatic N) is 3. The van der Waals surface area contributed by atoms with E-state index in [4.69, 9.17) is 4.98 Å². The Bertz CT molecular complexity index is 438. The van der Waals surface area contributed by atoms with E-state index in [-0.39, 0.29) is 0 Å². The Hall–Kier alpha value is -1.10. The molecule has 0 bridgehead atoms. The highest BCUT2D eigenvalue weighted by Crippen LogP contribution is 2.30. The molecule has 2 aliphatic rings. The van der Waals surface area contributed by atoms with Crippen LogP contribution in [0.3, 0.4) is 0 Å². The Morgan fingerprint density at radius 2 is 2.05 bits per heavy atom. The van der Waals surface area contributed by atoms with E-state index < -0.39 is 0 Å². The van der Waals surface area contributed by atoms with Crippen LogP contribution in [0.2, 0.25) is 0 Å². The molecule has 0 aliphatic carbocycles. The van der Waals surface area contributed by atoms with Crippen molar-refractivity contribution in [1.29, 1.82) is 0 Å². The largest absolute Gasteiger partial charge is 0.335 e. The molecule has 2 aliphatic heterocycles. The first-order valence-electron chi connectivity index (χ1n) is 8.73. The molecular formula is C16H29N5. The first kappa shape index (κ1) is 14.8. The van der Waals surface area contributed by atoms with Crippen LogP contribution in [0.4, 0.5) is 5.95 Å². The zero-order valence-corrected chi connectivity index (χ0v) is 13.4. The van der Waals surface area contributed by atoms with Crippen LogP contribution in [0.5, 0.6) is 0 Å². The molecule has 0 amide bonds. The molecule has 118 valence electrons. The standard InChI is InChI=1S/C16H29N5/c1-3-6-12(7-4-2)15-18-16(20-19-15)21-9-5-8-13-10-17-11-14(13)21/h12-14,17H,3-11H2,1-2H3,(H,18,19,20). The summed E-state index contributed by atoms with van der Waals surface area (Å²) in [4.78, 5) is 7.30. The SMILES string of the molecule is CCCC(CCC)c1nc(N2CCCC3CNCC32)n[nH]1. The Balaban J connectivity index is 1.74. The molecule has 0 radical (unpaired) electrons. The molecule has 3 heterocycles. The minimum Gasteiger partial charge on any atom is -0.335 e. The lowest BCUT2D eigenvalue weighted by molar-refractivity contribution is 0.381. The molecular weight excluding hydrogens is 262 g/mol. The van der Waals surface area contributed by atoms with E-state index in [1.54, 1.807) is 0 Å². The number of piperidine rings is 1. The molecule has 5 heteroatoms. The van der Waals surface area contributed by atoms with Crippen molar-refractivity contribution in [2.75, 3.05) is 24.5 Å². The molecule has 1 aromatic rings. The highest BCUT2D eigenvalue weighted by molar-refractivity contribution is 5.33. The van der Waals surface area contributed by atoms with Gasteiger partial charge in [-0.05, 0) is 31.6 Å². The fourth-order valence-corrected chi connectivity index (χ4v) is 4.01. The molecule has 5 nitrogen and oxygen atoms in total. The Labute approximate surface area is 127 Å². The van der Waals surface area contributed by atoms with E-state index >= 15 is 0 Å². The molecule has 21 heavy (non-hydrogen) atoms. The average Bonchev–Trinajstić information content (AvgIpc) is 3.15. The third kappa shape index (κ3) is 3.07. The minimum absolute atomic E-state index is 0.545. The van der Waals surface area contributed by atoms with Gasteiger partial charge in [0.15, 0.2) is 0 Å². The molecule has 0 saturated carbocycles. The molecule has 3 rings (SSSR count). The number of hydrogen-bond acceptors (Lipinski definition) is 4. The van der Waals surface area contributed by atoms with Crippen molar-refractivity contribution in [3.8, 4) is 0 Å². The van der Waals surface area contributed by atoms with Gasteiger partial charge in [-0.25, -0.2) is 0 Å². The van der Waals surface area contributed by atoms with Gasteiger partial charge in [0.25, 0.3) is 0 Å². The number of nitrogens with one attached hydrogen (secondary N) is 2. The van der Waals surface area contributed by atoms with Crippen LogP contribution in [0.25, 0.3) is 0 Å². The van der Waals surface area contributed by atoms with E-state index in [9.17, 15) is 0 Å². The summed E-state index contributed by atoms with van der Waals surface area (Å²) in [7, 11) is 0. The summed E-state index contributed by atoms with van der Waals surface area (Å²) < 4.78 is 0. The molecule has 2 saturated heterocycles. The second-order valence-electron chi connectivity index (χ2n) is 6.62. The van der Waals surface area contributed by atoms with Crippen molar-refractivity contribution in [3.05, 3.63) is 5.82 Å². The average molecular weight is 291 g/mol. The van der Waals surface area contributed by atoms with Gasteiger partial charge in [0.2, 0.25) is 5.95 Å². The van der Waals surface area contributed by atoms with Crippen LogP contribution in [-0.2, 0) is 0 Å².